The van der Waals surface area contributed by atoms with Gasteiger partial charge in [0.05, 0.1) is 19.8 Å². The van der Waals surface area contributed by atoms with Crippen molar-refractivity contribution in [1.82, 2.24) is 4.57 Å². The summed E-state index contributed by atoms with van der Waals surface area (Å²) in [6, 6.07) is 6.77. The highest BCUT2D eigenvalue weighted by Crippen LogP contribution is 2.37. The molecule has 1 aliphatic carbocycles. The Morgan fingerprint density at radius 1 is 1.00 bits per heavy atom. The number of aromatic nitrogens is 1. The van der Waals surface area contributed by atoms with E-state index in [2.05, 4.69) is 0 Å². The molecule has 2 aromatic rings. The number of carbonyl (C=O) groups excluding carboxylic acids is 3. The lowest BCUT2D eigenvalue weighted by molar-refractivity contribution is 0.0599. The van der Waals surface area contributed by atoms with Crippen LogP contribution in [0.15, 0.2) is 35.4 Å². The average Bonchev–Trinajstić information content (AvgIpc) is 2.97. The maximum atomic E-state index is 12.9. The normalized spacial score (nSPS) is 13.7. The summed E-state index contributed by atoms with van der Waals surface area (Å²) in [4.78, 5) is 38.0. The Hall–Kier alpha value is -3.35. The van der Waals surface area contributed by atoms with Crippen molar-refractivity contribution in [3.05, 3.63) is 52.2 Å². The van der Waals surface area contributed by atoms with Crippen molar-refractivity contribution in [1.29, 1.82) is 0 Å². The van der Waals surface area contributed by atoms with Crippen molar-refractivity contribution in [2.24, 2.45) is 0 Å². The molecule has 0 bridgehead atoms. The lowest BCUT2D eigenvalue weighted by Crippen LogP contribution is -2.22. The zero-order valence-corrected chi connectivity index (χ0v) is 14.9. The Kier molecular flexibility index (Phi) is 4.15. The van der Waals surface area contributed by atoms with E-state index in [0.29, 0.717) is 22.6 Å². The summed E-state index contributed by atoms with van der Waals surface area (Å²) in [5.41, 5.74) is 7.29. The molecule has 0 saturated carbocycles. The maximum Gasteiger partial charge on any atom is 0.342 e. The van der Waals surface area contributed by atoms with Crippen molar-refractivity contribution >= 4 is 23.4 Å². The van der Waals surface area contributed by atoms with Gasteiger partial charge >= 0.3 is 5.97 Å². The van der Waals surface area contributed by atoms with Crippen LogP contribution in [0.1, 0.15) is 45.1 Å². The third kappa shape index (κ3) is 2.32. The molecule has 0 fully saturated rings. The van der Waals surface area contributed by atoms with Gasteiger partial charge in [0.15, 0.2) is 5.78 Å². The van der Waals surface area contributed by atoms with Gasteiger partial charge in [0, 0.05) is 16.8 Å². The number of hydrogen-bond acceptors (Lipinski definition) is 6. The summed E-state index contributed by atoms with van der Waals surface area (Å²) in [7, 11) is 2.73. The zero-order valence-electron chi connectivity index (χ0n) is 14.9. The molecule has 1 aromatic heterocycles. The molecule has 2 N–H and O–H groups in total. The number of anilines is 1. The number of methoxy groups -OCH3 is 2. The number of allylic oxidation sites excluding steroid dienone is 2. The third-order valence-corrected chi connectivity index (χ3v) is 4.61. The quantitative estimate of drug-likeness (QED) is 0.850. The van der Waals surface area contributed by atoms with Gasteiger partial charge in [-0.2, -0.15) is 0 Å². The molecule has 1 heterocycles. The summed E-state index contributed by atoms with van der Waals surface area (Å²) in [6.07, 6.45) is 0. The van der Waals surface area contributed by atoms with Crippen molar-refractivity contribution in [3.8, 4) is 11.4 Å². The Morgan fingerprint density at radius 3 is 2.12 bits per heavy atom. The summed E-state index contributed by atoms with van der Waals surface area (Å²) in [5.74, 6) is -0.919. The number of nitrogens with two attached hydrogens (primary N) is 1. The second kappa shape index (κ2) is 6.18. The first-order valence-corrected chi connectivity index (χ1v) is 7.87. The highest BCUT2D eigenvalue weighted by Gasteiger charge is 2.39. The summed E-state index contributed by atoms with van der Waals surface area (Å²) < 4.78 is 11.3. The number of Topliss-reactive ketones (excluding diaryl/α,β-unsaturated/α-hetero) is 2. The standard InChI is InChI=1S/C19H18N2O5/c1-9-10(2)17(23)15-13(16(9)22)14(19(24)26-4)18(20)21(15)11-5-7-12(25-3)8-6-11/h5-8H,20H2,1-4H3. The minimum absolute atomic E-state index is 0.0155. The first-order chi connectivity index (χ1) is 12.3. The molecule has 0 atom stereocenters. The number of ether oxygens (including phenoxy) is 2. The Bertz CT molecular complexity index is 980. The number of nitrogens with zero attached hydrogens (tertiary/aromatic N) is 1. The fourth-order valence-electron chi connectivity index (χ4n) is 3.04. The largest absolute Gasteiger partial charge is 0.497 e. The first-order valence-electron chi connectivity index (χ1n) is 7.87. The highest BCUT2D eigenvalue weighted by molar-refractivity contribution is 6.30. The minimum atomic E-state index is -0.764. The van der Waals surface area contributed by atoms with E-state index >= 15 is 0 Å². The maximum absolute atomic E-state index is 12.9. The van der Waals surface area contributed by atoms with E-state index in [4.69, 9.17) is 15.2 Å². The topological polar surface area (TPSA) is 101 Å². The smallest absolute Gasteiger partial charge is 0.342 e. The number of hydrogen-bond donors (Lipinski definition) is 1. The SMILES string of the molecule is COC(=O)c1c2c(n(-c3ccc(OC)cc3)c1N)C(=O)C(C)=C(C)C2=O. The van der Waals surface area contributed by atoms with E-state index < -0.39 is 11.8 Å². The van der Waals surface area contributed by atoms with E-state index in [0.717, 1.165) is 0 Å². The molecule has 0 amide bonds. The van der Waals surface area contributed by atoms with Crippen LogP contribution in [0.2, 0.25) is 0 Å². The van der Waals surface area contributed by atoms with Crippen LogP contribution in [0, 0.1) is 0 Å². The number of ketones is 2. The van der Waals surface area contributed by atoms with Gasteiger partial charge in [0.1, 0.15) is 22.8 Å². The van der Waals surface area contributed by atoms with Gasteiger partial charge in [0.2, 0.25) is 5.78 Å². The number of carbonyl (C=O) groups is 3. The van der Waals surface area contributed by atoms with Crippen LogP contribution in [0.4, 0.5) is 5.82 Å². The number of nitrogen functional groups attached to an aromatic ring is 1. The molecule has 1 aromatic carbocycles. The van der Waals surface area contributed by atoms with Crippen LogP contribution in [-0.4, -0.2) is 36.3 Å². The fourth-order valence-corrected chi connectivity index (χ4v) is 3.04. The lowest BCUT2D eigenvalue weighted by Gasteiger charge is -2.17. The first kappa shape index (κ1) is 17.5. The van der Waals surface area contributed by atoms with Gasteiger partial charge < -0.3 is 15.2 Å². The Labute approximate surface area is 150 Å². The molecule has 0 unspecified atom stereocenters. The van der Waals surface area contributed by atoms with Gasteiger partial charge in [-0.05, 0) is 38.1 Å². The number of fused-ring (bicyclic) bond motifs is 1. The Morgan fingerprint density at radius 2 is 1.58 bits per heavy atom. The number of rotatable bonds is 3. The molecule has 134 valence electrons. The third-order valence-electron chi connectivity index (χ3n) is 4.61. The predicted octanol–water partition coefficient (Wildman–Crippen LogP) is 2.57. The number of esters is 1. The van der Waals surface area contributed by atoms with Crippen LogP contribution in [-0.2, 0) is 4.74 Å². The van der Waals surface area contributed by atoms with Gasteiger partial charge in [-0.3, -0.25) is 14.2 Å². The molecule has 26 heavy (non-hydrogen) atoms. The van der Waals surface area contributed by atoms with Crippen molar-refractivity contribution in [3.63, 3.8) is 0 Å². The lowest BCUT2D eigenvalue weighted by atomic mass is 9.87. The molecular formula is C19H18N2O5. The van der Waals surface area contributed by atoms with Crippen molar-refractivity contribution in [2.45, 2.75) is 13.8 Å². The summed E-state index contributed by atoms with van der Waals surface area (Å²) >= 11 is 0. The molecule has 0 spiro atoms. The monoisotopic (exact) mass is 354 g/mol. The molecular weight excluding hydrogens is 336 g/mol. The van der Waals surface area contributed by atoms with Crippen LogP contribution in [0.5, 0.6) is 5.75 Å². The molecule has 3 rings (SSSR count). The van der Waals surface area contributed by atoms with Gasteiger partial charge in [-0.15, -0.1) is 0 Å². The van der Waals surface area contributed by atoms with E-state index in [1.165, 1.54) is 18.8 Å². The fraction of sp³-hybridized carbons (Fsp3) is 0.211. The summed E-state index contributed by atoms with van der Waals surface area (Å²) in [5, 5.41) is 0. The van der Waals surface area contributed by atoms with Crippen molar-refractivity contribution < 1.29 is 23.9 Å². The highest BCUT2D eigenvalue weighted by atomic mass is 16.5. The number of benzene rings is 1. The second-order valence-corrected chi connectivity index (χ2v) is 5.92. The van der Waals surface area contributed by atoms with E-state index in [1.807, 2.05) is 0 Å². The minimum Gasteiger partial charge on any atom is -0.497 e. The van der Waals surface area contributed by atoms with E-state index in [1.54, 1.807) is 38.1 Å². The van der Waals surface area contributed by atoms with Crippen LogP contribution >= 0.6 is 0 Å². The molecule has 0 aliphatic heterocycles. The second-order valence-electron chi connectivity index (χ2n) is 5.92. The molecule has 7 nitrogen and oxygen atoms in total. The molecule has 0 radical (unpaired) electrons. The van der Waals surface area contributed by atoms with Gasteiger partial charge in [-0.25, -0.2) is 4.79 Å². The zero-order chi connectivity index (χ0) is 19.2. The van der Waals surface area contributed by atoms with Crippen molar-refractivity contribution in [2.75, 3.05) is 20.0 Å². The summed E-state index contributed by atoms with van der Waals surface area (Å²) in [6.45, 7) is 3.14. The van der Waals surface area contributed by atoms with Gasteiger partial charge in [0.25, 0.3) is 0 Å². The molecule has 1 aliphatic rings. The van der Waals surface area contributed by atoms with E-state index in [9.17, 15) is 14.4 Å². The average molecular weight is 354 g/mol. The molecule has 0 saturated heterocycles. The van der Waals surface area contributed by atoms with Gasteiger partial charge in [-0.1, -0.05) is 0 Å². The molecule has 7 heteroatoms. The predicted molar refractivity (Wildman–Crippen MR) is 95.1 cm³/mol. The van der Waals surface area contributed by atoms with Crippen LogP contribution in [0.25, 0.3) is 5.69 Å². The van der Waals surface area contributed by atoms with Crippen LogP contribution < -0.4 is 10.5 Å². The van der Waals surface area contributed by atoms with Crippen LogP contribution in [0.3, 0.4) is 0 Å². The Balaban J connectivity index is 2.37. The van der Waals surface area contributed by atoms with E-state index in [-0.39, 0.29) is 28.4 Å².